The molecule has 1 N–H and O–H groups in total. The number of amides is 1. The van der Waals surface area contributed by atoms with E-state index < -0.39 is 29.3 Å². The van der Waals surface area contributed by atoms with Gasteiger partial charge in [0.1, 0.15) is 5.15 Å². The molecule has 5 rings (SSSR count). The molecule has 1 aromatic carbocycles. The maximum atomic E-state index is 13.9. The van der Waals surface area contributed by atoms with Crippen LogP contribution in [0.3, 0.4) is 0 Å². The third kappa shape index (κ3) is 4.38. The number of furan rings is 1. The summed E-state index contributed by atoms with van der Waals surface area (Å²) in [7, 11) is 0. The Bertz CT molecular complexity index is 1440. The summed E-state index contributed by atoms with van der Waals surface area (Å²) in [5, 5.41) is 2.56. The molecule has 4 aromatic heterocycles. The molecule has 0 saturated heterocycles. The Balaban J connectivity index is 1.60. The molecule has 176 valence electrons. The molecule has 0 aliphatic rings. The molecule has 5 aromatic rings. The molecular weight excluding hydrogens is 481 g/mol. The Morgan fingerprint density at radius 1 is 1.06 bits per heavy atom. The minimum Gasteiger partial charge on any atom is -0.472 e. The number of aromatic nitrogens is 3. The lowest BCUT2D eigenvalue weighted by Gasteiger charge is -2.18. The summed E-state index contributed by atoms with van der Waals surface area (Å²) >= 11 is 6.42. The van der Waals surface area contributed by atoms with Gasteiger partial charge in [-0.25, -0.2) is 4.98 Å². The molecule has 1 unspecified atom stereocenters. The molecule has 0 fully saturated rings. The van der Waals surface area contributed by atoms with Gasteiger partial charge in [0.25, 0.3) is 5.91 Å². The van der Waals surface area contributed by atoms with E-state index in [1.54, 1.807) is 24.4 Å². The van der Waals surface area contributed by atoms with E-state index in [-0.39, 0.29) is 16.4 Å². The fourth-order valence-electron chi connectivity index (χ4n) is 3.78. The van der Waals surface area contributed by atoms with Crippen LogP contribution in [0.4, 0.5) is 13.2 Å². The van der Waals surface area contributed by atoms with E-state index in [0.717, 1.165) is 16.0 Å². The number of alkyl halides is 3. The largest absolute Gasteiger partial charge is 0.472 e. The van der Waals surface area contributed by atoms with Gasteiger partial charge in [0.2, 0.25) is 0 Å². The van der Waals surface area contributed by atoms with Crippen molar-refractivity contribution in [3.63, 3.8) is 0 Å². The van der Waals surface area contributed by atoms with E-state index in [1.165, 1.54) is 24.8 Å². The fraction of sp³-hybridized carbons (Fsp3) is 0.0800. The number of pyridine rings is 2. The minimum absolute atomic E-state index is 0.209. The minimum atomic E-state index is -4.73. The van der Waals surface area contributed by atoms with Crippen LogP contribution in [-0.2, 0) is 6.18 Å². The summed E-state index contributed by atoms with van der Waals surface area (Å²) < 4.78 is 47.8. The summed E-state index contributed by atoms with van der Waals surface area (Å²) in [6.07, 6.45) is 0.904. The summed E-state index contributed by atoms with van der Waals surface area (Å²) in [5.41, 5.74) is 0.0737. The highest BCUT2D eigenvalue weighted by Crippen LogP contribution is 2.37. The van der Waals surface area contributed by atoms with Crippen molar-refractivity contribution in [3.05, 3.63) is 113 Å². The van der Waals surface area contributed by atoms with Crippen LogP contribution < -0.4 is 5.32 Å². The fourth-order valence-corrected chi connectivity index (χ4v) is 4.03. The number of halogens is 4. The van der Waals surface area contributed by atoms with Crippen molar-refractivity contribution >= 4 is 23.2 Å². The van der Waals surface area contributed by atoms with Crippen molar-refractivity contribution in [1.29, 1.82) is 0 Å². The third-order valence-electron chi connectivity index (χ3n) is 5.43. The second-order valence-corrected chi connectivity index (χ2v) is 8.03. The van der Waals surface area contributed by atoms with Crippen LogP contribution in [0, 0.1) is 0 Å². The lowest BCUT2D eigenvalue weighted by Crippen LogP contribution is -2.30. The van der Waals surface area contributed by atoms with Crippen LogP contribution in [-0.4, -0.2) is 20.3 Å². The second-order valence-electron chi connectivity index (χ2n) is 7.67. The van der Waals surface area contributed by atoms with E-state index in [9.17, 15) is 18.0 Å². The van der Waals surface area contributed by atoms with Crippen LogP contribution >= 0.6 is 11.6 Å². The molecule has 35 heavy (non-hydrogen) atoms. The Morgan fingerprint density at radius 2 is 1.83 bits per heavy atom. The summed E-state index contributed by atoms with van der Waals surface area (Å²) in [6, 6.07) is 16.1. The normalized spacial score (nSPS) is 12.6. The Hall–Kier alpha value is -4.11. The first-order chi connectivity index (χ1) is 16.8. The van der Waals surface area contributed by atoms with Crippen molar-refractivity contribution in [2.45, 2.75) is 12.2 Å². The second kappa shape index (κ2) is 8.92. The van der Waals surface area contributed by atoms with Gasteiger partial charge in [-0.15, -0.1) is 0 Å². The summed E-state index contributed by atoms with van der Waals surface area (Å²) in [6.45, 7) is 0. The lowest BCUT2D eigenvalue weighted by atomic mass is 10.0. The van der Waals surface area contributed by atoms with E-state index in [0.29, 0.717) is 11.3 Å². The Kier molecular flexibility index (Phi) is 5.78. The predicted octanol–water partition coefficient (Wildman–Crippen LogP) is 6.18. The first kappa shape index (κ1) is 22.7. The van der Waals surface area contributed by atoms with Gasteiger partial charge >= 0.3 is 6.18 Å². The van der Waals surface area contributed by atoms with Crippen LogP contribution in [0.2, 0.25) is 5.15 Å². The van der Waals surface area contributed by atoms with Crippen LogP contribution in [0.5, 0.6) is 0 Å². The highest BCUT2D eigenvalue weighted by atomic mass is 35.5. The number of carbonyl (C=O) groups excluding carboxylic acids is 1. The van der Waals surface area contributed by atoms with Gasteiger partial charge in [0.15, 0.2) is 11.3 Å². The van der Waals surface area contributed by atoms with Crippen molar-refractivity contribution in [3.8, 4) is 11.1 Å². The van der Waals surface area contributed by atoms with Crippen LogP contribution in [0.15, 0.2) is 90.0 Å². The number of hydrogen-bond donors (Lipinski definition) is 1. The van der Waals surface area contributed by atoms with Gasteiger partial charge in [-0.2, -0.15) is 13.2 Å². The summed E-state index contributed by atoms with van der Waals surface area (Å²) in [4.78, 5) is 21.6. The molecule has 1 atom stereocenters. The Labute approximate surface area is 202 Å². The van der Waals surface area contributed by atoms with Crippen molar-refractivity contribution in [2.75, 3.05) is 0 Å². The van der Waals surface area contributed by atoms with E-state index >= 15 is 0 Å². The predicted molar refractivity (Wildman–Crippen MR) is 123 cm³/mol. The quantitative estimate of drug-likeness (QED) is 0.315. The zero-order valence-electron chi connectivity index (χ0n) is 17.8. The first-order valence-corrected chi connectivity index (χ1v) is 10.8. The third-order valence-corrected chi connectivity index (χ3v) is 5.79. The highest BCUT2D eigenvalue weighted by Gasteiger charge is 2.36. The lowest BCUT2D eigenvalue weighted by molar-refractivity contribution is -0.136. The molecule has 4 heterocycles. The maximum Gasteiger partial charge on any atom is 0.420 e. The molecule has 0 spiro atoms. The maximum absolute atomic E-state index is 13.9. The van der Waals surface area contributed by atoms with Gasteiger partial charge in [0.05, 0.1) is 29.8 Å². The number of fused-ring (bicyclic) bond motifs is 1. The van der Waals surface area contributed by atoms with Crippen molar-refractivity contribution < 1.29 is 22.4 Å². The first-order valence-electron chi connectivity index (χ1n) is 10.4. The van der Waals surface area contributed by atoms with Gasteiger partial charge in [-0.1, -0.05) is 48.0 Å². The van der Waals surface area contributed by atoms with Crippen LogP contribution in [0.25, 0.3) is 16.8 Å². The number of carbonyl (C=O) groups is 1. The molecule has 0 radical (unpaired) electrons. The standard InChI is InChI=1S/C25H16ClF3N4O2/c26-22-21(24(34)32-20(15-6-2-1-3-7-15)19-8-4-5-10-30-19)31-23-18(25(27,28)29)12-17(13-33(22)23)16-9-11-35-14-16/h1-14,20H,(H,32,34). The SMILES string of the molecule is O=C(NC(c1ccccc1)c1ccccn1)c1nc2c(C(F)(F)F)cc(-c3ccoc3)cn2c1Cl. The molecule has 0 bridgehead atoms. The zero-order chi connectivity index (χ0) is 24.6. The highest BCUT2D eigenvalue weighted by molar-refractivity contribution is 6.33. The topological polar surface area (TPSA) is 72.4 Å². The van der Waals surface area contributed by atoms with Crippen LogP contribution in [0.1, 0.15) is 33.4 Å². The number of nitrogens with one attached hydrogen (secondary N) is 1. The smallest absolute Gasteiger partial charge is 0.420 e. The molecule has 0 aliphatic heterocycles. The average Bonchev–Trinajstić information content (AvgIpc) is 3.51. The Morgan fingerprint density at radius 3 is 2.49 bits per heavy atom. The number of rotatable bonds is 5. The van der Waals surface area contributed by atoms with Gasteiger partial charge in [-0.05, 0) is 29.8 Å². The molecule has 10 heteroatoms. The summed E-state index contributed by atoms with van der Waals surface area (Å²) in [5.74, 6) is -0.740. The van der Waals surface area contributed by atoms with Crippen molar-refractivity contribution in [1.82, 2.24) is 19.7 Å². The van der Waals surface area contributed by atoms with E-state index in [4.69, 9.17) is 16.0 Å². The molecule has 6 nitrogen and oxygen atoms in total. The van der Waals surface area contributed by atoms with Gasteiger partial charge in [-0.3, -0.25) is 14.2 Å². The van der Waals surface area contributed by atoms with Crippen molar-refractivity contribution in [2.24, 2.45) is 0 Å². The monoisotopic (exact) mass is 496 g/mol. The van der Waals surface area contributed by atoms with E-state index in [2.05, 4.69) is 15.3 Å². The molecular formula is C25H16ClF3N4O2. The molecule has 1 amide bonds. The molecule has 0 aliphatic carbocycles. The van der Waals surface area contributed by atoms with Gasteiger partial charge in [0, 0.05) is 23.5 Å². The number of nitrogens with zero attached hydrogens (tertiary/aromatic N) is 3. The number of imidazole rings is 1. The van der Waals surface area contributed by atoms with E-state index in [1.807, 2.05) is 30.3 Å². The number of benzene rings is 1. The zero-order valence-corrected chi connectivity index (χ0v) is 18.6. The molecule has 0 saturated carbocycles. The van der Waals surface area contributed by atoms with Gasteiger partial charge < -0.3 is 9.73 Å². The average molecular weight is 497 g/mol. The number of hydrogen-bond acceptors (Lipinski definition) is 4.